The molecule has 0 aromatic heterocycles. The second kappa shape index (κ2) is 8.11. The van der Waals surface area contributed by atoms with Crippen molar-refractivity contribution >= 4 is 0 Å². The van der Waals surface area contributed by atoms with Crippen LogP contribution in [0.15, 0.2) is 0 Å². The molecule has 0 bridgehead atoms. The molecule has 0 spiro atoms. The molecule has 0 heterocycles. The summed E-state index contributed by atoms with van der Waals surface area (Å²) in [5, 5.41) is 3.76. The number of unbranched alkanes of at least 4 members (excludes halogenated alkanes) is 1. The Bertz CT molecular complexity index is 161. The zero-order valence-corrected chi connectivity index (χ0v) is 11.6. The Morgan fingerprint density at radius 3 is 2.44 bits per heavy atom. The van der Waals surface area contributed by atoms with Gasteiger partial charge in [0, 0.05) is 6.04 Å². The van der Waals surface area contributed by atoms with Crippen molar-refractivity contribution in [2.24, 2.45) is 11.8 Å². The Morgan fingerprint density at radius 1 is 1.12 bits per heavy atom. The SMILES string of the molecule is CCCCC(C)C(C)NCC1CCCCC1. The highest BCUT2D eigenvalue weighted by Crippen LogP contribution is 2.23. The Kier molecular flexibility index (Phi) is 7.11. The van der Waals surface area contributed by atoms with Crippen LogP contribution in [0.1, 0.15) is 72.1 Å². The Hall–Kier alpha value is -0.0400. The number of hydrogen-bond acceptors (Lipinski definition) is 1. The Balaban J connectivity index is 2.10. The molecule has 1 N–H and O–H groups in total. The van der Waals surface area contributed by atoms with Crippen molar-refractivity contribution in [1.82, 2.24) is 5.32 Å². The van der Waals surface area contributed by atoms with E-state index in [0.29, 0.717) is 6.04 Å². The van der Waals surface area contributed by atoms with Gasteiger partial charge in [-0.15, -0.1) is 0 Å². The van der Waals surface area contributed by atoms with Gasteiger partial charge >= 0.3 is 0 Å². The van der Waals surface area contributed by atoms with E-state index in [1.54, 1.807) is 0 Å². The maximum atomic E-state index is 3.76. The molecule has 0 amide bonds. The molecule has 1 nitrogen and oxygen atoms in total. The minimum absolute atomic E-state index is 0.702. The van der Waals surface area contributed by atoms with Crippen molar-refractivity contribution in [3.8, 4) is 0 Å². The van der Waals surface area contributed by atoms with Crippen molar-refractivity contribution < 1.29 is 0 Å². The van der Waals surface area contributed by atoms with Gasteiger partial charge in [-0.1, -0.05) is 46.0 Å². The van der Waals surface area contributed by atoms with Crippen LogP contribution in [0.3, 0.4) is 0 Å². The van der Waals surface area contributed by atoms with Crippen molar-refractivity contribution in [2.75, 3.05) is 6.54 Å². The zero-order valence-electron chi connectivity index (χ0n) is 11.6. The zero-order chi connectivity index (χ0) is 11.8. The molecule has 96 valence electrons. The van der Waals surface area contributed by atoms with Gasteiger partial charge in [0.15, 0.2) is 0 Å². The minimum atomic E-state index is 0.702. The molecular weight excluding hydrogens is 194 g/mol. The van der Waals surface area contributed by atoms with Gasteiger partial charge < -0.3 is 5.32 Å². The Labute approximate surface area is 102 Å². The monoisotopic (exact) mass is 225 g/mol. The molecule has 1 saturated carbocycles. The van der Waals surface area contributed by atoms with Crippen molar-refractivity contribution in [2.45, 2.75) is 78.2 Å². The van der Waals surface area contributed by atoms with Crippen LogP contribution in [0.5, 0.6) is 0 Å². The molecule has 0 saturated heterocycles. The molecule has 0 aromatic rings. The van der Waals surface area contributed by atoms with Gasteiger partial charge in [-0.05, 0) is 44.6 Å². The molecule has 1 heteroatoms. The van der Waals surface area contributed by atoms with Crippen LogP contribution >= 0.6 is 0 Å². The molecular formula is C15H31N. The van der Waals surface area contributed by atoms with Gasteiger partial charge in [-0.2, -0.15) is 0 Å². The Morgan fingerprint density at radius 2 is 1.81 bits per heavy atom. The number of nitrogens with one attached hydrogen (secondary N) is 1. The lowest BCUT2D eigenvalue weighted by Crippen LogP contribution is -2.36. The molecule has 16 heavy (non-hydrogen) atoms. The normalized spacial score (nSPS) is 21.9. The summed E-state index contributed by atoms with van der Waals surface area (Å²) in [6.45, 7) is 8.31. The van der Waals surface area contributed by atoms with Gasteiger partial charge in [0.1, 0.15) is 0 Å². The minimum Gasteiger partial charge on any atom is -0.314 e. The molecule has 1 fully saturated rings. The average Bonchev–Trinajstić information content (AvgIpc) is 2.34. The molecule has 1 rings (SSSR count). The molecule has 0 aliphatic heterocycles. The van der Waals surface area contributed by atoms with E-state index in [4.69, 9.17) is 0 Å². The quantitative estimate of drug-likeness (QED) is 0.678. The molecule has 0 aromatic carbocycles. The highest BCUT2D eigenvalue weighted by Gasteiger charge is 2.16. The van der Waals surface area contributed by atoms with Crippen molar-refractivity contribution in [3.63, 3.8) is 0 Å². The second-order valence-electron chi connectivity index (χ2n) is 5.82. The van der Waals surface area contributed by atoms with Crippen molar-refractivity contribution in [3.05, 3.63) is 0 Å². The third-order valence-corrected chi connectivity index (χ3v) is 4.32. The smallest absolute Gasteiger partial charge is 0.00644 e. The summed E-state index contributed by atoms with van der Waals surface area (Å²) in [6, 6.07) is 0.702. The van der Waals surface area contributed by atoms with Crippen molar-refractivity contribution in [1.29, 1.82) is 0 Å². The van der Waals surface area contributed by atoms with Gasteiger partial charge in [-0.25, -0.2) is 0 Å². The van der Waals surface area contributed by atoms with Crippen LogP contribution in [0.2, 0.25) is 0 Å². The summed E-state index contributed by atoms with van der Waals surface area (Å²) < 4.78 is 0. The number of hydrogen-bond donors (Lipinski definition) is 1. The maximum Gasteiger partial charge on any atom is 0.00644 e. The van der Waals surface area contributed by atoms with Gasteiger partial charge in [0.25, 0.3) is 0 Å². The van der Waals surface area contributed by atoms with Crippen LogP contribution < -0.4 is 5.32 Å². The average molecular weight is 225 g/mol. The predicted molar refractivity (Wildman–Crippen MR) is 72.7 cm³/mol. The topological polar surface area (TPSA) is 12.0 Å². The fourth-order valence-electron chi connectivity index (χ4n) is 2.72. The second-order valence-corrected chi connectivity index (χ2v) is 5.82. The fraction of sp³-hybridized carbons (Fsp3) is 1.00. The summed E-state index contributed by atoms with van der Waals surface area (Å²) in [7, 11) is 0. The summed E-state index contributed by atoms with van der Waals surface area (Å²) in [5.41, 5.74) is 0. The van der Waals surface area contributed by atoms with E-state index in [9.17, 15) is 0 Å². The van der Waals surface area contributed by atoms with Crippen LogP contribution in [0, 0.1) is 11.8 Å². The fourth-order valence-corrected chi connectivity index (χ4v) is 2.72. The van der Waals surface area contributed by atoms with Gasteiger partial charge in [-0.3, -0.25) is 0 Å². The lowest BCUT2D eigenvalue weighted by molar-refractivity contribution is 0.299. The van der Waals surface area contributed by atoms with Gasteiger partial charge in [0.2, 0.25) is 0 Å². The van der Waals surface area contributed by atoms with E-state index in [1.165, 1.54) is 57.9 Å². The van der Waals surface area contributed by atoms with E-state index in [2.05, 4.69) is 26.1 Å². The highest BCUT2D eigenvalue weighted by molar-refractivity contribution is 4.73. The van der Waals surface area contributed by atoms with Crippen LogP contribution in [-0.2, 0) is 0 Å². The summed E-state index contributed by atoms with van der Waals surface area (Å²) in [6.07, 6.45) is 11.4. The van der Waals surface area contributed by atoms with Gasteiger partial charge in [0.05, 0.1) is 0 Å². The van der Waals surface area contributed by atoms with E-state index >= 15 is 0 Å². The molecule has 1 aliphatic rings. The highest BCUT2D eigenvalue weighted by atomic mass is 14.9. The first-order valence-corrected chi connectivity index (χ1v) is 7.47. The summed E-state index contributed by atoms with van der Waals surface area (Å²) in [4.78, 5) is 0. The third kappa shape index (κ3) is 5.34. The maximum absolute atomic E-state index is 3.76. The summed E-state index contributed by atoms with van der Waals surface area (Å²) in [5.74, 6) is 1.80. The van der Waals surface area contributed by atoms with Crippen LogP contribution in [0.4, 0.5) is 0 Å². The first-order valence-electron chi connectivity index (χ1n) is 7.47. The van der Waals surface area contributed by atoms with Crippen LogP contribution in [0.25, 0.3) is 0 Å². The molecule has 0 radical (unpaired) electrons. The standard InChI is InChI=1S/C15H31N/c1-4-5-9-13(2)14(3)16-12-15-10-7-6-8-11-15/h13-16H,4-12H2,1-3H3. The summed E-state index contributed by atoms with van der Waals surface area (Å²) >= 11 is 0. The van der Waals surface area contributed by atoms with E-state index in [-0.39, 0.29) is 0 Å². The number of rotatable bonds is 7. The molecule has 2 unspecified atom stereocenters. The van der Waals surface area contributed by atoms with E-state index < -0.39 is 0 Å². The lowest BCUT2D eigenvalue weighted by Gasteiger charge is -2.26. The first kappa shape index (κ1) is 14.0. The van der Waals surface area contributed by atoms with E-state index in [0.717, 1.165) is 11.8 Å². The largest absolute Gasteiger partial charge is 0.314 e. The predicted octanol–water partition coefficient (Wildman–Crippen LogP) is 4.37. The third-order valence-electron chi connectivity index (χ3n) is 4.32. The lowest BCUT2D eigenvalue weighted by atomic mass is 9.88. The van der Waals surface area contributed by atoms with Crippen LogP contribution in [-0.4, -0.2) is 12.6 Å². The first-order chi connectivity index (χ1) is 7.74. The molecule has 2 atom stereocenters. The van der Waals surface area contributed by atoms with E-state index in [1.807, 2.05) is 0 Å². The molecule has 1 aliphatic carbocycles.